The Bertz CT molecular complexity index is 230. The van der Waals surface area contributed by atoms with E-state index in [1.165, 1.54) is 0 Å². The first-order chi connectivity index (χ1) is 7.09. The van der Waals surface area contributed by atoms with Gasteiger partial charge in [-0.3, -0.25) is 4.79 Å². The van der Waals surface area contributed by atoms with Crippen LogP contribution in [0.2, 0.25) is 0 Å². The zero-order valence-electron chi connectivity index (χ0n) is 9.94. The minimum absolute atomic E-state index is 0.143. The highest BCUT2D eigenvalue weighted by molar-refractivity contribution is 5.87. The Hall–Kier alpha value is -0.870. The normalized spacial score (nSPS) is 19.1. The van der Waals surface area contributed by atoms with E-state index in [2.05, 4.69) is 11.9 Å². The molecule has 0 unspecified atom stereocenters. The van der Waals surface area contributed by atoms with E-state index in [1.807, 2.05) is 30.0 Å². The quantitative estimate of drug-likeness (QED) is 0.609. The van der Waals surface area contributed by atoms with Crippen LogP contribution in [0.5, 0.6) is 0 Å². The Morgan fingerprint density at radius 3 is 2.40 bits per heavy atom. The number of nitrogens with zero attached hydrogens (tertiary/aromatic N) is 3. The second kappa shape index (κ2) is 5.88. The first-order valence-corrected chi connectivity index (χ1v) is 5.38. The Kier molecular flexibility index (Phi) is 4.78. The molecule has 1 aliphatic rings. The van der Waals surface area contributed by atoms with Gasteiger partial charge in [0.2, 0.25) is 5.91 Å². The molecule has 0 spiro atoms. The van der Waals surface area contributed by atoms with Gasteiger partial charge in [-0.05, 0) is 21.1 Å². The second-order valence-electron chi connectivity index (χ2n) is 4.29. The third kappa shape index (κ3) is 4.44. The van der Waals surface area contributed by atoms with Gasteiger partial charge in [-0.2, -0.15) is 0 Å². The second-order valence-corrected chi connectivity index (χ2v) is 4.29. The molecule has 0 bridgehead atoms. The molecule has 1 rings (SSSR count). The van der Waals surface area contributed by atoms with Crippen LogP contribution in [0, 0.1) is 0 Å². The molecule has 4 heteroatoms. The van der Waals surface area contributed by atoms with Gasteiger partial charge in [-0.15, -0.1) is 0 Å². The van der Waals surface area contributed by atoms with Crippen molar-refractivity contribution in [1.29, 1.82) is 0 Å². The van der Waals surface area contributed by atoms with Crippen molar-refractivity contribution in [2.24, 2.45) is 0 Å². The molecule has 0 aromatic carbocycles. The van der Waals surface area contributed by atoms with E-state index >= 15 is 0 Å². The summed E-state index contributed by atoms with van der Waals surface area (Å²) < 4.78 is 0. The number of likely N-dealkylation sites (N-methyl/N-ethyl adjacent to an activating group) is 2. The fourth-order valence-electron chi connectivity index (χ4n) is 1.50. The van der Waals surface area contributed by atoms with Gasteiger partial charge in [0.15, 0.2) is 0 Å². The molecule has 0 aromatic rings. The lowest BCUT2D eigenvalue weighted by Gasteiger charge is -2.31. The molecule has 1 saturated heterocycles. The van der Waals surface area contributed by atoms with Gasteiger partial charge in [-0.1, -0.05) is 6.08 Å². The van der Waals surface area contributed by atoms with Crippen molar-refractivity contribution in [1.82, 2.24) is 14.7 Å². The number of hydrogen-bond donors (Lipinski definition) is 0. The molecule has 86 valence electrons. The van der Waals surface area contributed by atoms with Gasteiger partial charge in [0.1, 0.15) is 0 Å². The molecule has 0 radical (unpaired) electrons. The summed E-state index contributed by atoms with van der Waals surface area (Å²) in [6, 6.07) is 0. The van der Waals surface area contributed by atoms with Crippen molar-refractivity contribution in [3.8, 4) is 0 Å². The largest absolute Gasteiger partial charge is 0.337 e. The minimum Gasteiger partial charge on any atom is -0.337 e. The van der Waals surface area contributed by atoms with Crippen molar-refractivity contribution in [2.75, 3.05) is 53.9 Å². The SMILES string of the molecule is CN(C)CC=CC(=O)N1CCN(C)CC1. The zero-order chi connectivity index (χ0) is 11.3. The van der Waals surface area contributed by atoms with Crippen LogP contribution in [-0.2, 0) is 4.79 Å². The van der Waals surface area contributed by atoms with Crippen LogP contribution in [0.3, 0.4) is 0 Å². The summed E-state index contributed by atoms with van der Waals surface area (Å²) in [5.74, 6) is 0.143. The maximum Gasteiger partial charge on any atom is 0.246 e. The zero-order valence-corrected chi connectivity index (χ0v) is 9.94. The van der Waals surface area contributed by atoms with Crippen molar-refractivity contribution in [3.63, 3.8) is 0 Å². The van der Waals surface area contributed by atoms with Crippen molar-refractivity contribution in [3.05, 3.63) is 12.2 Å². The lowest BCUT2D eigenvalue weighted by atomic mass is 10.3. The van der Waals surface area contributed by atoms with E-state index in [9.17, 15) is 4.79 Å². The Morgan fingerprint density at radius 1 is 1.27 bits per heavy atom. The molecule has 1 amide bonds. The van der Waals surface area contributed by atoms with E-state index in [1.54, 1.807) is 6.08 Å². The lowest BCUT2D eigenvalue weighted by molar-refractivity contribution is -0.127. The fourth-order valence-corrected chi connectivity index (χ4v) is 1.50. The highest BCUT2D eigenvalue weighted by Crippen LogP contribution is 2.00. The summed E-state index contributed by atoms with van der Waals surface area (Å²) in [5.41, 5.74) is 0. The van der Waals surface area contributed by atoms with Gasteiger partial charge < -0.3 is 14.7 Å². The van der Waals surface area contributed by atoms with Crippen LogP contribution < -0.4 is 0 Å². The molecule has 0 aromatic heterocycles. The molecule has 15 heavy (non-hydrogen) atoms. The number of amides is 1. The Balaban J connectivity index is 2.31. The van der Waals surface area contributed by atoms with Gasteiger partial charge in [-0.25, -0.2) is 0 Å². The van der Waals surface area contributed by atoms with Gasteiger partial charge in [0.05, 0.1) is 0 Å². The Labute approximate surface area is 92.1 Å². The van der Waals surface area contributed by atoms with Crippen LogP contribution in [0.25, 0.3) is 0 Å². The lowest BCUT2D eigenvalue weighted by Crippen LogP contribution is -2.46. The molecule has 0 saturated carbocycles. The van der Waals surface area contributed by atoms with E-state index in [-0.39, 0.29) is 5.91 Å². The van der Waals surface area contributed by atoms with E-state index in [0.717, 1.165) is 32.7 Å². The van der Waals surface area contributed by atoms with Crippen LogP contribution in [-0.4, -0.2) is 74.5 Å². The van der Waals surface area contributed by atoms with Gasteiger partial charge in [0.25, 0.3) is 0 Å². The van der Waals surface area contributed by atoms with Crippen LogP contribution in [0.4, 0.5) is 0 Å². The molecule has 1 fully saturated rings. The standard InChI is InChI=1S/C11H21N3O/c1-12(2)6-4-5-11(15)14-9-7-13(3)8-10-14/h4-5H,6-10H2,1-3H3. The summed E-state index contributed by atoms with van der Waals surface area (Å²) in [6.45, 7) is 4.48. The monoisotopic (exact) mass is 211 g/mol. The van der Waals surface area contributed by atoms with Crippen molar-refractivity contribution in [2.45, 2.75) is 0 Å². The molecule has 0 N–H and O–H groups in total. The smallest absolute Gasteiger partial charge is 0.246 e. The van der Waals surface area contributed by atoms with E-state index < -0.39 is 0 Å². The first kappa shape index (κ1) is 12.2. The van der Waals surface area contributed by atoms with E-state index in [0.29, 0.717) is 0 Å². The highest BCUT2D eigenvalue weighted by atomic mass is 16.2. The molecule has 4 nitrogen and oxygen atoms in total. The number of carbonyl (C=O) groups is 1. The number of carbonyl (C=O) groups excluding carboxylic acids is 1. The third-order valence-electron chi connectivity index (χ3n) is 2.55. The maximum atomic E-state index is 11.7. The van der Waals surface area contributed by atoms with Crippen LogP contribution >= 0.6 is 0 Å². The average molecular weight is 211 g/mol. The fraction of sp³-hybridized carbons (Fsp3) is 0.727. The highest BCUT2D eigenvalue weighted by Gasteiger charge is 2.16. The van der Waals surface area contributed by atoms with E-state index in [4.69, 9.17) is 0 Å². The van der Waals surface area contributed by atoms with Gasteiger partial charge in [0, 0.05) is 38.8 Å². The Morgan fingerprint density at radius 2 is 1.87 bits per heavy atom. The summed E-state index contributed by atoms with van der Waals surface area (Å²) in [4.78, 5) is 17.9. The van der Waals surface area contributed by atoms with Crippen molar-refractivity contribution >= 4 is 5.91 Å². The van der Waals surface area contributed by atoms with Crippen LogP contribution in [0.15, 0.2) is 12.2 Å². The molecule has 0 atom stereocenters. The third-order valence-corrected chi connectivity index (χ3v) is 2.55. The number of rotatable bonds is 3. The summed E-state index contributed by atoms with van der Waals surface area (Å²) in [7, 11) is 6.07. The molecule has 0 aliphatic carbocycles. The first-order valence-electron chi connectivity index (χ1n) is 5.38. The maximum absolute atomic E-state index is 11.7. The molecule has 1 heterocycles. The van der Waals surface area contributed by atoms with Crippen molar-refractivity contribution < 1.29 is 4.79 Å². The number of piperazine rings is 1. The average Bonchev–Trinajstić information content (AvgIpc) is 2.18. The topological polar surface area (TPSA) is 26.8 Å². The molecule has 1 aliphatic heterocycles. The predicted molar refractivity (Wildman–Crippen MR) is 61.8 cm³/mol. The number of hydrogen-bond acceptors (Lipinski definition) is 3. The molecular formula is C11H21N3O. The molecular weight excluding hydrogens is 190 g/mol. The summed E-state index contributed by atoms with van der Waals surface area (Å²) >= 11 is 0. The minimum atomic E-state index is 0.143. The predicted octanol–water partition coefficient (Wildman–Crippen LogP) is -0.122. The summed E-state index contributed by atoms with van der Waals surface area (Å²) in [5, 5.41) is 0. The summed E-state index contributed by atoms with van der Waals surface area (Å²) in [6.07, 6.45) is 3.60. The van der Waals surface area contributed by atoms with Gasteiger partial charge >= 0.3 is 0 Å². The van der Waals surface area contributed by atoms with Crippen LogP contribution in [0.1, 0.15) is 0 Å².